The summed E-state index contributed by atoms with van der Waals surface area (Å²) < 4.78 is 1.58. The number of quaternary nitrogens is 1. The highest BCUT2D eigenvalue weighted by atomic mass is 32.1. The second-order valence-electron chi connectivity index (χ2n) is 6.71. The largest absolute Gasteiger partial charge is 0.492 e. The summed E-state index contributed by atoms with van der Waals surface area (Å²) in [5.74, 6) is 0.945. The molecule has 0 saturated carbocycles. The van der Waals surface area contributed by atoms with Gasteiger partial charge in [0.2, 0.25) is 10.8 Å². The molecule has 24 heavy (non-hydrogen) atoms. The Bertz CT molecular complexity index is 863. The number of rotatable bonds is 3. The smallest absolute Gasteiger partial charge is 0.235 e. The van der Waals surface area contributed by atoms with Gasteiger partial charge in [-0.2, -0.15) is 4.52 Å². The topological polar surface area (TPSA) is 54.9 Å². The van der Waals surface area contributed by atoms with Gasteiger partial charge in [-0.15, -0.1) is 5.10 Å². The van der Waals surface area contributed by atoms with Crippen molar-refractivity contribution in [2.24, 2.45) is 0 Å². The number of fused-ring (bicyclic) bond motifs is 1. The summed E-state index contributed by atoms with van der Waals surface area (Å²) in [7, 11) is 0. The van der Waals surface area contributed by atoms with Crippen molar-refractivity contribution in [2.45, 2.75) is 39.2 Å². The monoisotopic (exact) mass is 343 g/mol. The van der Waals surface area contributed by atoms with Crippen LogP contribution < -0.4 is 4.90 Å². The predicted octanol–water partition coefficient (Wildman–Crippen LogP) is 2.27. The molecule has 1 aliphatic heterocycles. The number of nitrogens with zero attached hydrogens (tertiary/aromatic N) is 3. The molecule has 1 atom stereocenters. The van der Waals surface area contributed by atoms with Gasteiger partial charge in [0.05, 0.1) is 13.1 Å². The van der Waals surface area contributed by atoms with Crippen LogP contribution in [-0.2, 0) is 0 Å². The van der Waals surface area contributed by atoms with Crippen LogP contribution in [0.25, 0.3) is 4.96 Å². The fourth-order valence-corrected chi connectivity index (χ4v) is 4.94. The molecule has 6 heteroatoms. The van der Waals surface area contributed by atoms with E-state index in [4.69, 9.17) is 0 Å². The molecule has 4 rings (SSSR count). The number of aryl methyl sites for hydroxylation is 2. The number of thiazole rings is 1. The molecule has 0 unspecified atom stereocenters. The third-order valence-corrected chi connectivity index (χ3v) is 5.93. The molecule has 0 radical (unpaired) electrons. The Balaban J connectivity index is 1.84. The van der Waals surface area contributed by atoms with Crippen LogP contribution in [0.3, 0.4) is 0 Å². The second kappa shape index (κ2) is 6.18. The van der Waals surface area contributed by atoms with E-state index in [2.05, 4.69) is 41.3 Å². The lowest BCUT2D eigenvalue weighted by Gasteiger charge is -2.31. The van der Waals surface area contributed by atoms with Crippen molar-refractivity contribution in [3.8, 4) is 5.88 Å². The van der Waals surface area contributed by atoms with E-state index in [9.17, 15) is 5.11 Å². The molecular weight excluding hydrogens is 320 g/mol. The average molecular weight is 343 g/mol. The molecule has 0 bridgehead atoms. The summed E-state index contributed by atoms with van der Waals surface area (Å²) in [4.78, 5) is 7.72. The average Bonchev–Trinajstić information content (AvgIpc) is 3.07. The zero-order valence-electron chi connectivity index (χ0n) is 14.1. The Labute approximate surface area is 145 Å². The van der Waals surface area contributed by atoms with E-state index < -0.39 is 0 Å². The number of likely N-dealkylation sites (tertiary alicyclic amines) is 1. The van der Waals surface area contributed by atoms with Gasteiger partial charge < -0.3 is 10.0 Å². The second-order valence-corrected chi connectivity index (χ2v) is 7.72. The van der Waals surface area contributed by atoms with Crippen molar-refractivity contribution in [1.29, 1.82) is 0 Å². The highest BCUT2D eigenvalue weighted by Crippen LogP contribution is 2.35. The summed E-state index contributed by atoms with van der Waals surface area (Å²) in [6.45, 7) is 6.26. The molecule has 0 amide bonds. The van der Waals surface area contributed by atoms with E-state index >= 15 is 0 Å². The Kier molecular flexibility index (Phi) is 4.02. The summed E-state index contributed by atoms with van der Waals surface area (Å²) in [5.41, 5.74) is 2.52. The summed E-state index contributed by atoms with van der Waals surface area (Å²) in [6, 6.07) is 8.81. The van der Waals surface area contributed by atoms with Gasteiger partial charge >= 0.3 is 0 Å². The third kappa shape index (κ3) is 2.70. The fraction of sp³-hybridized carbons (Fsp3) is 0.444. The molecule has 3 heterocycles. The molecule has 3 aromatic rings. The van der Waals surface area contributed by atoms with Gasteiger partial charge in [-0.1, -0.05) is 35.1 Å². The quantitative estimate of drug-likeness (QED) is 0.767. The molecule has 1 fully saturated rings. The van der Waals surface area contributed by atoms with E-state index in [0.717, 1.165) is 22.9 Å². The van der Waals surface area contributed by atoms with Gasteiger partial charge in [0.1, 0.15) is 10.7 Å². The maximum Gasteiger partial charge on any atom is 0.235 e. The van der Waals surface area contributed by atoms with E-state index in [1.807, 2.05) is 6.92 Å². The zero-order valence-corrected chi connectivity index (χ0v) is 14.9. The van der Waals surface area contributed by atoms with Gasteiger partial charge in [0, 0.05) is 5.56 Å². The predicted molar refractivity (Wildman–Crippen MR) is 94.8 cm³/mol. The van der Waals surface area contributed by atoms with Crippen molar-refractivity contribution in [3.63, 3.8) is 0 Å². The van der Waals surface area contributed by atoms with E-state index in [1.54, 1.807) is 15.9 Å². The van der Waals surface area contributed by atoms with Crippen LogP contribution in [0.4, 0.5) is 0 Å². The highest BCUT2D eigenvalue weighted by molar-refractivity contribution is 7.17. The third-order valence-electron chi connectivity index (χ3n) is 4.85. The molecule has 126 valence electrons. The lowest BCUT2D eigenvalue weighted by atomic mass is 9.99. The van der Waals surface area contributed by atoms with Crippen molar-refractivity contribution >= 4 is 16.3 Å². The van der Waals surface area contributed by atoms with Crippen molar-refractivity contribution in [3.05, 3.63) is 46.1 Å². The number of aromatic nitrogens is 3. The summed E-state index contributed by atoms with van der Waals surface area (Å²) >= 11 is 1.57. The Morgan fingerprint density at radius 2 is 2.00 bits per heavy atom. The molecular formula is C18H23N4OS+. The molecule has 2 aromatic heterocycles. The zero-order chi connectivity index (χ0) is 16.7. The van der Waals surface area contributed by atoms with E-state index in [1.165, 1.54) is 35.3 Å². The van der Waals surface area contributed by atoms with Crippen LogP contribution in [-0.4, -0.2) is 32.8 Å². The minimum absolute atomic E-state index is 0.152. The van der Waals surface area contributed by atoms with E-state index in [-0.39, 0.29) is 11.9 Å². The van der Waals surface area contributed by atoms with E-state index in [0.29, 0.717) is 5.82 Å². The van der Waals surface area contributed by atoms with Crippen LogP contribution in [0.2, 0.25) is 0 Å². The number of hydrogen-bond donors (Lipinski definition) is 2. The Hall–Kier alpha value is -1.92. The first-order chi connectivity index (χ1) is 11.6. The Morgan fingerprint density at radius 1 is 1.21 bits per heavy atom. The van der Waals surface area contributed by atoms with Crippen LogP contribution >= 0.6 is 11.3 Å². The molecule has 0 spiro atoms. The minimum atomic E-state index is 0.152. The van der Waals surface area contributed by atoms with Crippen molar-refractivity contribution in [2.75, 3.05) is 13.1 Å². The number of aromatic hydroxyl groups is 1. The van der Waals surface area contributed by atoms with Crippen LogP contribution in [0.15, 0.2) is 24.3 Å². The van der Waals surface area contributed by atoms with Crippen LogP contribution in [0.5, 0.6) is 5.88 Å². The molecule has 2 N–H and O–H groups in total. The van der Waals surface area contributed by atoms with Crippen LogP contribution in [0, 0.1) is 13.8 Å². The first-order valence-corrected chi connectivity index (χ1v) is 9.41. The lowest BCUT2D eigenvalue weighted by molar-refractivity contribution is -0.929. The number of piperidine rings is 1. The number of benzene rings is 1. The number of nitrogens with one attached hydrogen (secondary N) is 1. The summed E-state index contributed by atoms with van der Waals surface area (Å²) in [6.07, 6.45) is 3.81. The first kappa shape index (κ1) is 15.6. The lowest BCUT2D eigenvalue weighted by Crippen LogP contribution is -3.13. The van der Waals surface area contributed by atoms with Crippen LogP contribution in [0.1, 0.15) is 47.1 Å². The SMILES string of the molecule is Cc1cccc([C@H](c2sc3nc(C)nn3c2O)[NH+]2CCCCC2)c1. The van der Waals surface area contributed by atoms with Gasteiger partial charge in [-0.05, 0) is 39.2 Å². The van der Waals surface area contributed by atoms with Gasteiger partial charge in [0.15, 0.2) is 6.04 Å². The fourth-order valence-electron chi connectivity index (χ4n) is 3.75. The molecule has 1 aliphatic rings. The molecule has 1 aromatic carbocycles. The van der Waals surface area contributed by atoms with Gasteiger partial charge in [-0.25, -0.2) is 4.98 Å². The highest BCUT2D eigenvalue weighted by Gasteiger charge is 2.33. The maximum atomic E-state index is 10.8. The molecule has 5 nitrogen and oxygen atoms in total. The Morgan fingerprint density at radius 3 is 2.71 bits per heavy atom. The van der Waals surface area contributed by atoms with Crippen molar-refractivity contribution < 1.29 is 10.0 Å². The summed E-state index contributed by atoms with van der Waals surface area (Å²) in [5, 5.41) is 15.1. The normalized spacial score (nSPS) is 17.4. The number of hydrogen-bond acceptors (Lipinski definition) is 4. The molecule has 1 saturated heterocycles. The first-order valence-electron chi connectivity index (χ1n) is 8.59. The standard InChI is InChI=1S/C18H22N4OS/c1-12-7-6-8-14(11-12)15(21-9-4-3-5-10-21)16-17(23)22-18(24-16)19-13(2)20-22/h6-8,11,15,23H,3-5,9-10H2,1-2H3/p+1/t15-/m1/s1. The van der Waals surface area contributed by atoms with Crippen molar-refractivity contribution in [1.82, 2.24) is 14.6 Å². The van der Waals surface area contributed by atoms with Gasteiger partial charge in [0.25, 0.3) is 0 Å². The minimum Gasteiger partial charge on any atom is -0.492 e. The molecule has 0 aliphatic carbocycles. The maximum absolute atomic E-state index is 10.8. The van der Waals surface area contributed by atoms with Gasteiger partial charge in [-0.3, -0.25) is 0 Å².